The Bertz CT molecular complexity index is 426. The zero-order chi connectivity index (χ0) is 13.1. The van der Waals surface area contributed by atoms with E-state index in [0.29, 0.717) is 27.6 Å². The van der Waals surface area contributed by atoms with Crippen molar-refractivity contribution in [1.29, 1.82) is 0 Å². The van der Waals surface area contributed by atoms with Gasteiger partial charge in [-0.05, 0) is 36.8 Å². The summed E-state index contributed by atoms with van der Waals surface area (Å²) in [6.45, 7) is 1.08. The number of benzene rings is 1. The average Bonchev–Trinajstić information content (AvgIpc) is 2.79. The second-order valence-corrected chi connectivity index (χ2v) is 5.68. The lowest BCUT2D eigenvalue weighted by Gasteiger charge is -2.19. The Morgan fingerprint density at radius 3 is 2.61 bits per heavy atom. The Morgan fingerprint density at radius 1 is 1.22 bits per heavy atom. The van der Waals surface area contributed by atoms with Gasteiger partial charge in [-0.1, -0.05) is 29.6 Å². The van der Waals surface area contributed by atoms with Crippen molar-refractivity contribution in [2.24, 2.45) is 11.8 Å². The molecule has 2 rings (SSSR count). The van der Waals surface area contributed by atoms with Gasteiger partial charge in [0, 0.05) is 13.2 Å². The minimum absolute atomic E-state index is 0.267. The second kappa shape index (κ2) is 6.00. The molecule has 100 valence electrons. The lowest BCUT2D eigenvalue weighted by atomic mass is 9.97. The van der Waals surface area contributed by atoms with E-state index in [1.807, 2.05) is 0 Å². The van der Waals surface area contributed by atoms with Crippen LogP contribution in [0.1, 0.15) is 19.3 Å². The number of hydrogen-bond acceptors (Lipinski definition) is 3. The number of aliphatic hydroxyl groups is 1. The summed E-state index contributed by atoms with van der Waals surface area (Å²) < 4.78 is 0. The fraction of sp³-hybridized carbons (Fsp3) is 0.538. The fourth-order valence-corrected chi connectivity index (χ4v) is 2.91. The molecule has 0 amide bonds. The summed E-state index contributed by atoms with van der Waals surface area (Å²) in [5, 5.41) is 13.6. The van der Waals surface area contributed by atoms with Crippen LogP contribution in [0.5, 0.6) is 0 Å². The normalized spacial score (nSPS) is 23.3. The first-order valence-electron chi connectivity index (χ1n) is 6.21. The Labute approximate surface area is 117 Å². The van der Waals surface area contributed by atoms with Crippen LogP contribution in [0.25, 0.3) is 0 Å². The zero-order valence-electron chi connectivity index (χ0n) is 10.1. The van der Waals surface area contributed by atoms with Crippen LogP contribution in [-0.2, 0) is 0 Å². The number of halogens is 2. The van der Waals surface area contributed by atoms with E-state index in [0.717, 1.165) is 25.1 Å². The highest BCUT2D eigenvalue weighted by Gasteiger charge is 2.26. The molecule has 1 aromatic rings. The van der Waals surface area contributed by atoms with Crippen molar-refractivity contribution < 1.29 is 5.11 Å². The molecule has 2 atom stereocenters. The molecule has 1 aromatic carbocycles. The monoisotopic (exact) mass is 288 g/mol. The Hall–Kier alpha value is -0.640. The maximum absolute atomic E-state index is 9.28. The molecule has 0 spiro atoms. The fourth-order valence-electron chi connectivity index (χ4n) is 2.58. The van der Waals surface area contributed by atoms with Gasteiger partial charge in [-0.15, -0.1) is 0 Å². The van der Waals surface area contributed by atoms with E-state index in [-0.39, 0.29) is 6.61 Å². The van der Waals surface area contributed by atoms with Gasteiger partial charge in [-0.25, -0.2) is 0 Å². The first kappa shape index (κ1) is 13.8. The molecule has 5 heteroatoms. The molecule has 0 saturated heterocycles. The highest BCUT2D eigenvalue weighted by atomic mass is 35.5. The highest BCUT2D eigenvalue weighted by molar-refractivity contribution is 6.42. The van der Waals surface area contributed by atoms with Crippen LogP contribution >= 0.6 is 23.2 Å². The van der Waals surface area contributed by atoms with Crippen LogP contribution in [0, 0.1) is 11.8 Å². The van der Waals surface area contributed by atoms with Gasteiger partial charge in [0.05, 0.1) is 21.4 Å². The van der Waals surface area contributed by atoms with Crippen molar-refractivity contribution in [1.82, 2.24) is 0 Å². The van der Waals surface area contributed by atoms with Gasteiger partial charge in [-0.2, -0.15) is 0 Å². The summed E-state index contributed by atoms with van der Waals surface area (Å²) in [5.74, 6) is 0.908. The molecule has 4 N–H and O–H groups in total. The third-order valence-electron chi connectivity index (χ3n) is 3.70. The lowest BCUT2D eigenvalue weighted by molar-refractivity contribution is 0.199. The Balaban J connectivity index is 2.00. The minimum Gasteiger partial charge on any atom is -0.397 e. The molecule has 1 aliphatic carbocycles. The number of aliphatic hydroxyl groups excluding tert-OH is 1. The van der Waals surface area contributed by atoms with E-state index in [2.05, 4.69) is 5.32 Å². The van der Waals surface area contributed by atoms with Crippen LogP contribution in [-0.4, -0.2) is 18.3 Å². The van der Waals surface area contributed by atoms with Gasteiger partial charge in [0.25, 0.3) is 0 Å². The summed E-state index contributed by atoms with van der Waals surface area (Å²) in [7, 11) is 0. The van der Waals surface area contributed by atoms with E-state index in [1.165, 1.54) is 6.42 Å². The molecular weight excluding hydrogens is 271 g/mol. The summed E-state index contributed by atoms with van der Waals surface area (Å²) in [5.41, 5.74) is 7.30. The number of nitrogens with two attached hydrogens (primary N) is 1. The summed E-state index contributed by atoms with van der Waals surface area (Å²) >= 11 is 11.9. The van der Waals surface area contributed by atoms with Crippen molar-refractivity contribution in [3.8, 4) is 0 Å². The number of hydrogen-bond donors (Lipinski definition) is 3. The van der Waals surface area contributed by atoms with Gasteiger partial charge in [0.15, 0.2) is 0 Å². The third kappa shape index (κ3) is 3.02. The van der Waals surface area contributed by atoms with E-state index >= 15 is 0 Å². The van der Waals surface area contributed by atoms with Crippen LogP contribution in [0.4, 0.5) is 11.4 Å². The minimum atomic E-state index is 0.267. The predicted octanol–water partition coefficient (Wildman–Crippen LogP) is 3.40. The molecule has 0 bridgehead atoms. The molecule has 1 aliphatic rings. The van der Waals surface area contributed by atoms with Crippen molar-refractivity contribution in [2.75, 3.05) is 24.2 Å². The smallest absolute Gasteiger partial charge is 0.0614 e. The van der Waals surface area contributed by atoms with E-state index in [9.17, 15) is 5.11 Å². The quantitative estimate of drug-likeness (QED) is 0.745. The van der Waals surface area contributed by atoms with Gasteiger partial charge < -0.3 is 16.2 Å². The number of anilines is 2. The predicted molar refractivity (Wildman–Crippen MR) is 77.3 cm³/mol. The van der Waals surface area contributed by atoms with Crippen molar-refractivity contribution in [2.45, 2.75) is 19.3 Å². The SMILES string of the molecule is Nc1cc(Cl)c(Cl)cc1NCC1CCCC1CO. The topological polar surface area (TPSA) is 58.3 Å². The lowest BCUT2D eigenvalue weighted by Crippen LogP contribution is -2.21. The molecule has 1 fully saturated rings. The number of nitrogens with one attached hydrogen (secondary N) is 1. The van der Waals surface area contributed by atoms with Crippen molar-refractivity contribution in [3.63, 3.8) is 0 Å². The maximum atomic E-state index is 9.28. The first-order valence-corrected chi connectivity index (χ1v) is 6.96. The summed E-state index contributed by atoms with van der Waals surface area (Å²) in [6.07, 6.45) is 3.45. The summed E-state index contributed by atoms with van der Waals surface area (Å²) in [6, 6.07) is 3.41. The summed E-state index contributed by atoms with van der Waals surface area (Å²) in [4.78, 5) is 0. The Morgan fingerprint density at radius 2 is 1.89 bits per heavy atom. The van der Waals surface area contributed by atoms with E-state index in [1.54, 1.807) is 12.1 Å². The van der Waals surface area contributed by atoms with Gasteiger partial charge in [0.1, 0.15) is 0 Å². The van der Waals surface area contributed by atoms with Crippen molar-refractivity contribution in [3.05, 3.63) is 22.2 Å². The molecule has 0 radical (unpaired) electrons. The largest absolute Gasteiger partial charge is 0.397 e. The maximum Gasteiger partial charge on any atom is 0.0614 e. The average molecular weight is 289 g/mol. The molecule has 3 nitrogen and oxygen atoms in total. The molecule has 1 saturated carbocycles. The number of rotatable bonds is 4. The van der Waals surface area contributed by atoms with Crippen LogP contribution in [0.2, 0.25) is 10.0 Å². The second-order valence-electron chi connectivity index (χ2n) is 4.87. The standard InChI is InChI=1S/C13H18Cl2N2O/c14-10-4-12(16)13(5-11(10)15)17-6-8-2-1-3-9(8)7-18/h4-5,8-9,17-18H,1-3,6-7,16H2. The Kier molecular flexibility index (Phi) is 4.60. The van der Waals surface area contributed by atoms with E-state index < -0.39 is 0 Å². The van der Waals surface area contributed by atoms with E-state index in [4.69, 9.17) is 28.9 Å². The van der Waals surface area contributed by atoms with Crippen molar-refractivity contribution >= 4 is 34.6 Å². The molecule has 0 aliphatic heterocycles. The third-order valence-corrected chi connectivity index (χ3v) is 4.42. The molecular formula is C13H18Cl2N2O. The van der Waals surface area contributed by atoms with Gasteiger partial charge in [0.2, 0.25) is 0 Å². The first-order chi connectivity index (χ1) is 8.61. The highest BCUT2D eigenvalue weighted by Crippen LogP contribution is 2.34. The van der Waals surface area contributed by atoms with Gasteiger partial charge in [-0.3, -0.25) is 0 Å². The molecule has 0 heterocycles. The number of nitrogen functional groups attached to an aromatic ring is 1. The molecule has 18 heavy (non-hydrogen) atoms. The zero-order valence-corrected chi connectivity index (χ0v) is 11.6. The van der Waals surface area contributed by atoms with Crippen LogP contribution < -0.4 is 11.1 Å². The van der Waals surface area contributed by atoms with Crippen LogP contribution in [0.15, 0.2) is 12.1 Å². The molecule has 2 unspecified atom stereocenters. The van der Waals surface area contributed by atoms with Crippen LogP contribution in [0.3, 0.4) is 0 Å². The molecule has 0 aromatic heterocycles. The van der Waals surface area contributed by atoms with Gasteiger partial charge >= 0.3 is 0 Å².